The largest absolute Gasteiger partial charge is 0.494 e. The van der Waals surface area contributed by atoms with E-state index >= 15 is 0 Å². The van der Waals surface area contributed by atoms with Gasteiger partial charge in [0.1, 0.15) is 5.75 Å². The van der Waals surface area contributed by atoms with Crippen molar-refractivity contribution in [1.82, 2.24) is 0 Å². The van der Waals surface area contributed by atoms with Crippen molar-refractivity contribution in [3.8, 4) is 5.75 Å². The summed E-state index contributed by atoms with van der Waals surface area (Å²) in [6.45, 7) is 7.33. The van der Waals surface area contributed by atoms with Crippen LogP contribution in [-0.2, 0) is 0 Å². The standard InChI is InChI=1S/C14H22O2/c1-14(2,3)12(11-15)9-10-16-13-7-5-4-6-8-13/h4-8,12,15H,9-11H2,1-3H3. The predicted octanol–water partition coefficient (Wildman–Crippen LogP) is 3.11. The van der Waals surface area contributed by atoms with E-state index in [1.54, 1.807) is 0 Å². The Morgan fingerprint density at radius 2 is 1.81 bits per heavy atom. The molecule has 1 aromatic rings. The number of rotatable bonds is 5. The van der Waals surface area contributed by atoms with E-state index < -0.39 is 0 Å². The zero-order valence-electron chi connectivity index (χ0n) is 10.4. The van der Waals surface area contributed by atoms with E-state index in [0.717, 1.165) is 12.2 Å². The average molecular weight is 222 g/mol. The minimum atomic E-state index is 0.134. The summed E-state index contributed by atoms with van der Waals surface area (Å²) in [7, 11) is 0. The SMILES string of the molecule is CC(C)(C)C(CO)CCOc1ccccc1. The number of benzene rings is 1. The number of hydrogen-bond acceptors (Lipinski definition) is 2. The van der Waals surface area contributed by atoms with Crippen molar-refractivity contribution in [2.45, 2.75) is 27.2 Å². The maximum absolute atomic E-state index is 9.30. The lowest BCUT2D eigenvalue weighted by Gasteiger charge is -2.28. The van der Waals surface area contributed by atoms with Crippen LogP contribution in [0.5, 0.6) is 5.75 Å². The molecular weight excluding hydrogens is 200 g/mol. The Kier molecular flexibility index (Phi) is 4.81. The molecule has 1 unspecified atom stereocenters. The van der Waals surface area contributed by atoms with Crippen molar-refractivity contribution in [2.75, 3.05) is 13.2 Å². The second kappa shape index (κ2) is 5.90. The van der Waals surface area contributed by atoms with Crippen molar-refractivity contribution in [3.63, 3.8) is 0 Å². The van der Waals surface area contributed by atoms with Crippen LogP contribution in [0.2, 0.25) is 0 Å². The summed E-state index contributed by atoms with van der Waals surface area (Å²) in [4.78, 5) is 0. The van der Waals surface area contributed by atoms with Gasteiger partial charge >= 0.3 is 0 Å². The van der Waals surface area contributed by atoms with Crippen molar-refractivity contribution >= 4 is 0 Å². The van der Waals surface area contributed by atoms with Crippen molar-refractivity contribution in [1.29, 1.82) is 0 Å². The molecule has 90 valence electrons. The number of hydrogen-bond donors (Lipinski definition) is 1. The molecular formula is C14H22O2. The summed E-state index contributed by atoms with van der Waals surface area (Å²) in [5, 5.41) is 9.30. The third-order valence-electron chi connectivity index (χ3n) is 2.92. The summed E-state index contributed by atoms with van der Waals surface area (Å²) in [6.07, 6.45) is 0.884. The van der Waals surface area contributed by atoms with Gasteiger partial charge in [0.15, 0.2) is 0 Å². The van der Waals surface area contributed by atoms with E-state index in [1.807, 2.05) is 30.3 Å². The van der Waals surface area contributed by atoms with Gasteiger partial charge in [-0.15, -0.1) is 0 Å². The zero-order chi connectivity index (χ0) is 12.0. The van der Waals surface area contributed by atoms with Crippen molar-refractivity contribution in [2.24, 2.45) is 11.3 Å². The topological polar surface area (TPSA) is 29.5 Å². The lowest BCUT2D eigenvalue weighted by molar-refractivity contribution is 0.106. The highest BCUT2D eigenvalue weighted by Gasteiger charge is 2.23. The van der Waals surface area contributed by atoms with Gasteiger partial charge in [0, 0.05) is 6.61 Å². The third-order valence-corrected chi connectivity index (χ3v) is 2.92. The maximum atomic E-state index is 9.30. The molecule has 0 aromatic heterocycles. The van der Waals surface area contributed by atoms with Gasteiger partial charge < -0.3 is 9.84 Å². The summed E-state index contributed by atoms with van der Waals surface area (Å²) in [5.41, 5.74) is 0.134. The fraction of sp³-hybridized carbons (Fsp3) is 0.571. The monoisotopic (exact) mass is 222 g/mol. The van der Waals surface area contributed by atoms with Gasteiger partial charge in [-0.1, -0.05) is 39.0 Å². The molecule has 1 N–H and O–H groups in total. The minimum Gasteiger partial charge on any atom is -0.494 e. The van der Waals surface area contributed by atoms with E-state index in [2.05, 4.69) is 20.8 Å². The highest BCUT2D eigenvalue weighted by molar-refractivity contribution is 5.20. The molecule has 0 bridgehead atoms. The number of para-hydroxylation sites is 1. The Hall–Kier alpha value is -1.02. The molecule has 2 nitrogen and oxygen atoms in total. The first-order valence-electron chi connectivity index (χ1n) is 5.82. The van der Waals surface area contributed by atoms with Crippen LogP contribution >= 0.6 is 0 Å². The van der Waals surface area contributed by atoms with Crippen LogP contribution in [-0.4, -0.2) is 18.3 Å². The van der Waals surface area contributed by atoms with E-state index in [4.69, 9.17) is 4.74 Å². The molecule has 2 heteroatoms. The van der Waals surface area contributed by atoms with Crippen molar-refractivity contribution in [3.05, 3.63) is 30.3 Å². The van der Waals surface area contributed by atoms with Gasteiger partial charge in [-0.05, 0) is 29.9 Å². The predicted molar refractivity (Wildman–Crippen MR) is 66.6 cm³/mol. The normalized spacial score (nSPS) is 13.5. The van der Waals surface area contributed by atoms with Gasteiger partial charge in [0.2, 0.25) is 0 Å². The summed E-state index contributed by atoms with van der Waals surface area (Å²) in [5.74, 6) is 1.18. The second-order valence-electron chi connectivity index (χ2n) is 5.20. The number of aliphatic hydroxyl groups excluding tert-OH is 1. The van der Waals surface area contributed by atoms with Crippen LogP contribution in [0.25, 0.3) is 0 Å². The summed E-state index contributed by atoms with van der Waals surface area (Å²) in [6, 6.07) is 9.79. The van der Waals surface area contributed by atoms with E-state index in [-0.39, 0.29) is 17.9 Å². The lowest BCUT2D eigenvalue weighted by atomic mass is 9.79. The van der Waals surface area contributed by atoms with Gasteiger partial charge in [-0.2, -0.15) is 0 Å². The molecule has 1 rings (SSSR count). The molecule has 0 amide bonds. The Bertz CT molecular complexity index is 287. The average Bonchev–Trinajstić information content (AvgIpc) is 2.24. The van der Waals surface area contributed by atoms with Gasteiger partial charge in [0.05, 0.1) is 6.61 Å². The molecule has 0 fully saturated rings. The number of aliphatic hydroxyl groups is 1. The van der Waals surface area contributed by atoms with E-state index in [9.17, 15) is 5.11 Å². The molecule has 0 saturated carbocycles. The van der Waals surface area contributed by atoms with Gasteiger partial charge in [-0.3, -0.25) is 0 Å². The molecule has 0 heterocycles. The Morgan fingerprint density at radius 3 is 2.31 bits per heavy atom. The minimum absolute atomic E-state index is 0.134. The summed E-state index contributed by atoms with van der Waals surface area (Å²) >= 11 is 0. The van der Waals surface area contributed by atoms with Gasteiger partial charge in [-0.25, -0.2) is 0 Å². The molecule has 0 aliphatic carbocycles. The van der Waals surface area contributed by atoms with Crippen molar-refractivity contribution < 1.29 is 9.84 Å². The Morgan fingerprint density at radius 1 is 1.19 bits per heavy atom. The fourth-order valence-electron chi connectivity index (χ4n) is 1.63. The van der Waals surface area contributed by atoms with Crippen LogP contribution in [0.4, 0.5) is 0 Å². The Labute approximate surface area is 98.3 Å². The molecule has 1 atom stereocenters. The Balaban J connectivity index is 2.35. The lowest BCUT2D eigenvalue weighted by Crippen LogP contribution is -2.25. The van der Waals surface area contributed by atoms with Crippen LogP contribution in [0.1, 0.15) is 27.2 Å². The molecule has 0 aliphatic rings. The second-order valence-corrected chi connectivity index (χ2v) is 5.20. The first kappa shape index (κ1) is 13.0. The highest BCUT2D eigenvalue weighted by atomic mass is 16.5. The smallest absolute Gasteiger partial charge is 0.119 e. The highest BCUT2D eigenvalue weighted by Crippen LogP contribution is 2.28. The third kappa shape index (κ3) is 4.23. The molecule has 0 saturated heterocycles. The van der Waals surface area contributed by atoms with Crippen LogP contribution in [0.15, 0.2) is 30.3 Å². The first-order valence-corrected chi connectivity index (χ1v) is 5.82. The maximum Gasteiger partial charge on any atom is 0.119 e. The van der Waals surface area contributed by atoms with Gasteiger partial charge in [0.25, 0.3) is 0 Å². The first-order chi connectivity index (χ1) is 7.54. The van der Waals surface area contributed by atoms with E-state index in [1.165, 1.54) is 0 Å². The van der Waals surface area contributed by atoms with Crippen LogP contribution < -0.4 is 4.74 Å². The number of ether oxygens (including phenoxy) is 1. The molecule has 0 aliphatic heterocycles. The molecule has 16 heavy (non-hydrogen) atoms. The van der Waals surface area contributed by atoms with Crippen LogP contribution in [0, 0.1) is 11.3 Å². The van der Waals surface area contributed by atoms with E-state index in [0.29, 0.717) is 6.61 Å². The summed E-state index contributed by atoms with van der Waals surface area (Å²) < 4.78 is 5.62. The fourth-order valence-corrected chi connectivity index (χ4v) is 1.63. The molecule has 0 radical (unpaired) electrons. The molecule has 0 spiro atoms. The molecule has 1 aromatic carbocycles. The quantitative estimate of drug-likeness (QED) is 0.829. The van der Waals surface area contributed by atoms with Crippen LogP contribution in [0.3, 0.4) is 0 Å². The zero-order valence-corrected chi connectivity index (χ0v) is 10.4.